The quantitative estimate of drug-likeness (QED) is 0.385. The van der Waals surface area contributed by atoms with Gasteiger partial charge in [-0.1, -0.05) is 83.6 Å². The van der Waals surface area contributed by atoms with Crippen LogP contribution in [0, 0.1) is 10.8 Å². The Morgan fingerprint density at radius 3 is 2.32 bits per heavy atom. The van der Waals surface area contributed by atoms with Gasteiger partial charge in [0.1, 0.15) is 0 Å². The second-order valence-corrected chi connectivity index (χ2v) is 8.50. The first-order valence-corrected chi connectivity index (χ1v) is 9.34. The summed E-state index contributed by atoms with van der Waals surface area (Å²) in [7, 11) is 0. The number of ketones is 1. The van der Waals surface area contributed by atoms with Gasteiger partial charge in [0.05, 0.1) is 0 Å². The molecule has 1 nitrogen and oxygen atoms in total. The van der Waals surface area contributed by atoms with Crippen LogP contribution in [0.3, 0.4) is 0 Å². The molecule has 25 heavy (non-hydrogen) atoms. The first kappa shape index (κ1) is 23.4. The van der Waals surface area contributed by atoms with Crippen LogP contribution in [0.15, 0.2) is 59.8 Å². The zero-order chi connectivity index (χ0) is 19.7. The van der Waals surface area contributed by atoms with Crippen molar-refractivity contribution in [2.75, 3.05) is 0 Å². The summed E-state index contributed by atoms with van der Waals surface area (Å²) in [6, 6.07) is 0. The van der Waals surface area contributed by atoms with Crippen LogP contribution in [0.2, 0.25) is 0 Å². The first-order chi connectivity index (χ1) is 11.4. The molecular formula is C24H38O. The maximum atomic E-state index is 11.8. The Morgan fingerprint density at radius 1 is 1.28 bits per heavy atom. The molecule has 1 aliphatic carbocycles. The van der Waals surface area contributed by atoms with Crippen LogP contribution in [0.5, 0.6) is 0 Å². The minimum Gasteiger partial charge on any atom is -0.295 e. The summed E-state index contributed by atoms with van der Waals surface area (Å²) in [6.07, 6.45) is 15.2. The predicted octanol–water partition coefficient (Wildman–Crippen LogP) is 7.38. The first-order valence-electron chi connectivity index (χ1n) is 9.34. The molecule has 0 amide bonds. The lowest BCUT2D eigenvalue weighted by Crippen LogP contribution is -2.24. The summed E-state index contributed by atoms with van der Waals surface area (Å²) >= 11 is 0. The van der Waals surface area contributed by atoms with Crippen molar-refractivity contribution >= 4 is 5.78 Å². The monoisotopic (exact) mass is 342 g/mol. The summed E-state index contributed by atoms with van der Waals surface area (Å²) in [4.78, 5) is 11.8. The molecular weight excluding hydrogens is 304 g/mol. The molecule has 0 aromatic carbocycles. The smallest absolute Gasteiger partial charge is 0.158 e. The topological polar surface area (TPSA) is 17.1 Å². The Balaban J connectivity index is 0.000000823. The summed E-state index contributed by atoms with van der Waals surface area (Å²) in [5.74, 6) is 0.298. The number of carbonyl (C=O) groups is 1. The van der Waals surface area contributed by atoms with E-state index >= 15 is 0 Å². The standard InChI is InChI=1S/C18H26O.C6H12/c1-6-7-8-9-14(2)10-11-16-15(3)17(19)12-13-18(16,4)5;1-5-6(2,3)4/h7-11H,6,12-13H2,1-5H3;5H,1H2,2-4H3/b8-7+,11-10+,14-9+;. The molecule has 0 saturated carbocycles. The van der Waals surface area contributed by atoms with E-state index in [-0.39, 0.29) is 5.41 Å². The maximum Gasteiger partial charge on any atom is 0.158 e. The molecule has 0 N–H and O–H groups in total. The molecule has 0 spiro atoms. The molecule has 0 heterocycles. The Morgan fingerprint density at radius 2 is 1.84 bits per heavy atom. The van der Waals surface area contributed by atoms with Crippen molar-refractivity contribution in [3.05, 3.63) is 59.8 Å². The normalized spacial score (nSPS) is 18.6. The Bertz CT molecular complexity index is 572. The van der Waals surface area contributed by atoms with Gasteiger partial charge in [-0.15, -0.1) is 6.58 Å². The lowest BCUT2D eigenvalue weighted by molar-refractivity contribution is -0.116. The van der Waals surface area contributed by atoms with E-state index in [0.717, 1.165) is 18.4 Å². The molecule has 1 aliphatic rings. The lowest BCUT2D eigenvalue weighted by Gasteiger charge is -2.32. The van der Waals surface area contributed by atoms with Crippen molar-refractivity contribution in [3.8, 4) is 0 Å². The van der Waals surface area contributed by atoms with Gasteiger partial charge >= 0.3 is 0 Å². The second-order valence-electron chi connectivity index (χ2n) is 8.50. The number of hydrogen-bond donors (Lipinski definition) is 0. The minimum atomic E-state index is 0.105. The molecule has 0 aromatic rings. The molecule has 140 valence electrons. The van der Waals surface area contributed by atoms with Gasteiger partial charge in [-0.2, -0.15) is 0 Å². The van der Waals surface area contributed by atoms with Gasteiger partial charge in [-0.3, -0.25) is 4.79 Å². The number of hydrogen-bond acceptors (Lipinski definition) is 1. The molecule has 0 aromatic heterocycles. The minimum absolute atomic E-state index is 0.105. The Labute approximate surface area is 156 Å². The molecule has 0 atom stereocenters. The van der Waals surface area contributed by atoms with E-state index in [9.17, 15) is 4.79 Å². The van der Waals surface area contributed by atoms with Crippen LogP contribution < -0.4 is 0 Å². The van der Waals surface area contributed by atoms with Crippen molar-refractivity contribution in [3.63, 3.8) is 0 Å². The summed E-state index contributed by atoms with van der Waals surface area (Å²) in [5.41, 5.74) is 3.74. The molecule has 1 heteroatoms. The Hall–Kier alpha value is -1.63. The molecule has 0 bridgehead atoms. The molecule has 1 rings (SSSR count). The largest absolute Gasteiger partial charge is 0.295 e. The molecule has 0 aliphatic heterocycles. The highest BCUT2D eigenvalue weighted by Gasteiger charge is 2.30. The van der Waals surface area contributed by atoms with Crippen molar-refractivity contribution in [2.45, 2.75) is 74.7 Å². The number of carbonyl (C=O) groups excluding carboxylic acids is 1. The highest BCUT2D eigenvalue weighted by Crippen LogP contribution is 2.39. The van der Waals surface area contributed by atoms with Crippen molar-refractivity contribution in [2.24, 2.45) is 10.8 Å². The molecule has 0 unspecified atom stereocenters. The molecule has 0 radical (unpaired) electrons. The summed E-state index contributed by atoms with van der Waals surface area (Å²) < 4.78 is 0. The van der Waals surface area contributed by atoms with Gasteiger partial charge in [0.15, 0.2) is 5.78 Å². The number of Topliss-reactive ketones (excluding diaryl/α,β-unsaturated/α-hetero) is 1. The van der Waals surface area contributed by atoms with Gasteiger partial charge in [-0.25, -0.2) is 0 Å². The highest BCUT2D eigenvalue weighted by atomic mass is 16.1. The average molecular weight is 343 g/mol. The lowest BCUT2D eigenvalue weighted by atomic mass is 9.72. The summed E-state index contributed by atoms with van der Waals surface area (Å²) in [5, 5.41) is 0. The van der Waals surface area contributed by atoms with Crippen LogP contribution >= 0.6 is 0 Å². The van der Waals surface area contributed by atoms with E-state index in [1.54, 1.807) is 0 Å². The van der Waals surface area contributed by atoms with Gasteiger partial charge < -0.3 is 0 Å². The fraction of sp³-hybridized carbons (Fsp3) is 0.542. The van der Waals surface area contributed by atoms with Crippen LogP contribution in [0.4, 0.5) is 0 Å². The van der Waals surface area contributed by atoms with Gasteiger partial charge in [0.25, 0.3) is 0 Å². The van der Waals surface area contributed by atoms with Crippen LogP contribution in [0.25, 0.3) is 0 Å². The van der Waals surface area contributed by atoms with E-state index in [2.05, 4.69) is 85.4 Å². The van der Waals surface area contributed by atoms with Crippen molar-refractivity contribution < 1.29 is 4.79 Å². The van der Waals surface area contributed by atoms with E-state index in [1.807, 2.05) is 13.0 Å². The van der Waals surface area contributed by atoms with Gasteiger partial charge in [0, 0.05) is 6.42 Å². The zero-order valence-electron chi connectivity index (χ0n) is 17.7. The van der Waals surface area contributed by atoms with Crippen molar-refractivity contribution in [1.29, 1.82) is 0 Å². The Kier molecular flexibility index (Phi) is 9.70. The van der Waals surface area contributed by atoms with Gasteiger partial charge in [0.2, 0.25) is 0 Å². The second kappa shape index (κ2) is 10.4. The van der Waals surface area contributed by atoms with E-state index < -0.39 is 0 Å². The van der Waals surface area contributed by atoms with E-state index in [0.29, 0.717) is 17.6 Å². The highest BCUT2D eigenvalue weighted by molar-refractivity contribution is 5.97. The van der Waals surface area contributed by atoms with Crippen LogP contribution in [-0.2, 0) is 4.79 Å². The molecule has 0 saturated heterocycles. The fourth-order valence-corrected chi connectivity index (χ4v) is 2.38. The number of allylic oxidation sites excluding steroid dienone is 9. The third-order valence-electron chi connectivity index (χ3n) is 4.38. The van der Waals surface area contributed by atoms with E-state index in [1.165, 1.54) is 11.1 Å². The molecule has 0 fully saturated rings. The number of rotatable bonds is 4. The summed E-state index contributed by atoms with van der Waals surface area (Å²) in [6.45, 7) is 20.6. The zero-order valence-corrected chi connectivity index (χ0v) is 17.7. The average Bonchev–Trinajstić information content (AvgIpc) is 2.51. The SMILES string of the molecule is C=CC(C)(C)C.CC/C=C/C=C(C)/C=C/C1=C(C)C(=O)CCC1(C)C. The van der Waals surface area contributed by atoms with Crippen molar-refractivity contribution in [1.82, 2.24) is 0 Å². The predicted molar refractivity (Wildman–Crippen MR) is 113 cm³/mol. The van der Waals surface area contributed by atoms with E-state index in [4.69, 9.17) is 0 Å². The third-order valence-corrected chi connectivity index (χ3v) is 4.38. The van der Waals surface area contributed by atoms with Gasteiger partial charge in [-0.05, 0) is 48.7 Å². The van der Waals surface area contributed by atoms with Crippen LogP contribution in [-0.4, -0.2) is 5.78 Å². The maximum absolute atomic E-state index is 11.8. The van der Waals surface area contributed by atoms with Crippen LogP contribution in [0.1, 0.15) is 74.7 Å². The third kappa shape index (κ3) is 9.43. The fourth-order valence-electron chi connectivity index (χ4n) is 2.38.